The standard InChI is InChI=1S/C17H22N4OS/c18-14-3-1-2-13(14)10-16(22)20-9-6-17-21-15(11-23-17)12-4-7-19-8-5-12/h4-5,7-8,11,13-14H,1-3,6,9-10,18H2,(H,20,22)/t13-,14+/m0/s1. The number of nitrogens with two attached hydrogens (primary N) is 1. The maximum atomic E-state index is 12.0. The molecule has 3 rings (SSSR count). The molecule has 5 nitrogen and oxygen atoms in total. The number of nitrogens with one attached hydrogen (secondary N) is 1. The summed E-state index contributed by atoms with van der Waals surface area (Å²) in [5.41, 5.74) is 8.05. The fraction of sp³-hybridized carbons (Fsp3) is 0.471. The average molecular weight is 330 g/mol. The number of carbonyl (C=O) groups excluding carboxylic acids is 1. The molecule has 23 heavy (non-hydrogen) atoms. The molecule has 0 unspecified atom stereocenters. The summed E-state index contributed by atoms with van der Waals surface area (Å²) in [7, 11) is 0. The van der Waals surface area contributed by atoms with E-state index in [0.29, 0.717) is 18.9 Å². The van der Waals surface area contributed by atoms with Crippen LogP contribution in [-0.4, -0.2) is 28.5 Å². The Morgan fingerprint density at radius 2 is 2.17 bits per heavy atom. The second kappa shape index (κ2) is 7.66. The summed E-state index contributed by atoms with van der Waals surface area (Å²) < 4.78 is 0. The highest BCUT2D eigenvalue weighted by molar-refractivity contribution is 7.09. The molecule has 6 heteroatoms. The zero-order chi connectivity index (χ0) is 16.1. The molecule has 2 atom stereocenters. The first-order chi connectivity index (χ1) is 11.2. The SMILES string of the molecule is N[C@@H]1CCC[C@H]1CC(=O)NCCc1nc(-c2ccncc2)cs1. The van der Waals surface area contributed by atoms with Crippen molar-refractivity contribution in [2.24, 2.45) is 11.7 Å². The second-order valence-electron chi connectivity index (χ2n) is 6.02. The van der Waals surface area contributed by atoms with Crippen LogP contribution in [0.5, 0.6) is 0 Å². The summed E-state index contributed by atoms with van der Waals surface area (Å²) in [5, 5.41) is 6.07. The number of amides is 1. The van der Waals surface area contributed by atoms with Crippen LogP contribution in [-0.2, 0) is 11.2 Å². The highest BCUT2D eigenvalue weighted by atomic mass is 32.1. The third-order valence-electron chi connectivity index (χ3n) is 4.35. The average Bonchev–Trinajstić information content (AvgIpc) is 3.18. The molecule has 1 saturated carbocycles. The van der Waals surface area contributed by atoms with E-state index in [1.165, 1.54) is 0 Å². The molecule has 0 spiro atoms. The third-order valence-corrected chi connectivity index (χ3v) is 5.26. The summed E-state index contributed by atoms with van der Waals surface area (Å²) in [4.78, 5) is 20.6. The molecule has 2 aromatic heterocycles. The number of nitrogens with zero attached hydrogens (tertiary/aromatic N) is 2. The van der Waals surface area contributed by atoms with E-state index in [4.69, 9.17) is 5.73 Å². The van der Waals surface area contributed by atoms with E-state index in [9.17, 15) is 4.79 Å². The normalized spacial score (nSPS) is 20.6. The van der Waals surface area contributed by atoms with Crippen molar-refractivity contribution in [3.63, 3.8) is 0 Å². The molecule has 1 fully saturated rings. The van der Waals surface area contributed by atoms with E-state index in [1.807, 2.05) is 17.5 Å². The van der Waals surface area contributed by atoms with Gasteiger partial charge in [-0.15, -0.1) is 11.3 Å². The molecular formula is C17H22N4OS. The smallest absolute Gasteiger partial charge is 0.220 e. The van der Waals surface area contributed by atoms with Gasteiger partial charge in [0, 0.05) is 48.8 Å². The van der Waals surface area contributed by atoms with E-state index in [-0.39, 0.29) is 11.9 Å². The Morgan fingerprint density at radius 1 is 1.35 bits per heavy atom. The van der Waals surface area contributed by atoms with Gasteiger partial charge in [-0.2, -0.15) is 0 Å². The van der Waals surface area contributed by atoms with Gasteiger partial charge in [0.15, 0.2) is 0 Å². The predicted molar refractivity (Wildman–Crippen MR) is 92.0 cm³/mol. The molecule has 122 valence electrons. The molecule has 0 radical (unpaired) electrons. The first-order valence-corrected chi connectivity index (χ1v) is 8.97. The second-order valence-corrected chi connectivity index (χ2v) is 6.96. The molecule has 0 aliphatic heterocycles. The van der Waals surface area contributed by atoms with Crippen molar-refractivity contribution in [1.82, 2.24) is 15.3 Å². The van der Waals surface area contributed by atoms with Gasteiger partial charge in [-0.1, -0.05) is 6.42 Å². The summed E-state index contributed by atoms with van der Waals surface area (Å²) >= 11 is 1.63. The number of hydrogen-bond donors (Lipinski definition) is 2. The Hall–Kier alpha value is -1.79. The Morgan fingerprint density at radius 3 is 2.91 bits per heavy atom. The highest BCUT2D eigenvalue weighted by Gasteiger charge is 2.25. The lowest BCUT2D eigenvalue weighted by Crippen LogP contribution is -2.32. The van der Waals surface area contributed by atoms with Crippen molar-refractivity contribution in [3.8, 4) is 11.3 Å². The van der Waals surface area contributed by atoms with Crippen molar-refractivity contribution in [1.29, 1.82) is 0 Å². The maximum absolute atomic E-state index is 12.0. The van der Waals surface area contributed by atoms with E-state index in [0.717, 1.165) is 41.9 Å². The molecule has 1 aliphatic carbocycles. The van der Waals surface area contributed by atoms with E-state index in [2.05, 4.69) is 15.3 Å². The Kier molecular flexibility index (Phi) is 5.35. The Balaban J connectivity index is 1.44. The van der Waals surface area contributed by atoms with Crippen molar-refractivity contribution >= 4 is 17.2 Å². The van der Waals surface area contributed by atoms with Crippen LogP contribution in [0.25, 0.3) is 11.3 Å². The Labute approximate surface area is 140 Å². The van der Waals surface area contributed by atoms with Gasteiger partial charge < -0.3 is 11.1 Å². The van der Waals surface area contributed by atoms with Gasteiger partial charge in [-0.05, 0) is 30.9 Å². The van der Waals surface area contributed by atoms with Crippen LogP contribution >= 0.6 is 11.3 Å². The number of aromatic nitrogens is 2. The minimum Gasteiger partial charge on any atom is -0.356 e. The molecule has 3 N–H and O–H groups in total. The molecule has 0 aromatic carbocycles. The summed E-state index contributed by atoms with van der Waals surface area (Å²) in [5.74, 6) is 0.464. The lowest BCUT2D eigenvalue weighted by molar-refractivity contribution is -0.122. The van der Waals surface area contributed by atoms with Crippen LogP contribution in [0, 0.1) is 5.92 Å². The van der Waals surface area contributed by atoms with Crippen molar-refractivity contribution in [2.75, 3.05) is 6.54 Å². The van der Waals surface area contributed by atoms with Crippen molar-refractivity contribution in [2.45, 2.75) is 38.1 Å². The van der Waals surface area contributed by atoms with Gasteiger partial charge in [-0.3, -0.25) is 9.78 Å². The van der Waals surface area contributed by atoms with E-state index < -0.39 is 0 Å². The van der Waals surface area contributed by atoms with Crippen molar-refractivity contribution < 1.29 is 4.79 Å². The fourth-order valence-corrected chi connectivity index (χ4v) is 3.83. The van der Waals surface area contributed by atoms with Gasteiger partial charge in [-0.25, -0.2) is 4.98 Å². The summed E-state index contributed by atoms with van der Waals surface area (Å²) in [6, 6.07) is 4.10. The number of thiazole rings is 1. The van der Waals surface area contributed by atoms with Gasteiger partial charge in [0.1, 0.15) is 0 Å². The predicted octanol–water partition coefficient (Wildman–Crippen LogP) is 2.38. The van der Waals surface area contributed by atoms with Crippen LogP contribution in [0.1, 0.15) is 30.7 Å². The van der Waals surface area contributed by atoms with Crippen LogP contribution < -0.4 is 11.1 Å². The van der Waals surface area contributed by atoms with Gasteiger partial charge >= 0.3 is 0 Å². The fourth-order valence-electron chi connectivity index (χ4n) is 3.02. The monoisotopic (exact) mass is 330 g/mol. The maximum Gasteiger partial charge on any atom is 0.220 e. The summed E-state index contributed by atoms with van der Waals surface area (Å²) in [6.07, 6.45) is 8.13. The first kappa shape index (κ1) is 16.1. The zero-order valence-corrected chi connectivity index (χ0v) is 13.9. The molecule has 1 aliphatic rings. The zero-order valence-electron chi connectivity index (χ0n) is 13.1. The van der Waals surface area contributed by atoms with Crippen LogP contribution in [0.15, 0.2) is 29.9 Å². The number of pyridine rings is 1. The lowest BCUT2D eigenvalue weighted by atomic mass is 10.00. The number of rotatable bonds is 6. The number of carbonyl (C=O) groups is 1. The molecule has 0 saturated heterocycles. The largest absolute Gasteiger partial charge is 0.356 e. The third kappa shape index (κ3) is 4.36. The van der Waals surface area contributed by atoms with Crippen LogP contribution in [0.2, 0.25) is 0 Å². The van der Waals surface area contributed by atoms with E-state index >= 15 is 0 Å². The van der Waals surface area contributed by atoms with Crippen LogP contribution in [0.4, 0.5) is 0 Å². The quantitative estimate of drug-likeness (QED) is 0.852. The molecule has 2 aromatic rings. The van der Waals surface area contributed by atoms with Gasteiger partial charge in [0.25, 0.3) is 0 Å². The minimum absolute atomic E-state index is 0.110. The van der Waals surface area contributed by atoms with Gasteiger partial charge in [0.2, 0.25) is 5.91 Å². The molecular weight excluding hydrogens is 308 g/mol. The topological polar surface area (TPSA) is 80.9 Å². The van der Waals surface area contributed by atoms with Crippen LogP contribution in [0.3, 0.4) is 0 Å². The lowest BCUT2D eigenvalue weighted by Gasteiger charge is -2.14. The molecule has 1 amide bonds. The Bertz CT molecular complexity index is 643. The highest BCUT2D eigenvalue weighted by Crippen LogP contribution is 2.26. The van der Waals surface area contributed by atoms with Crippen molar-refractivity contribution in [3.05, 3.63) is 34.9 Å². The van der Waals surface area contributed by atoms with Gasteiger partial charge in [0.05, 0.1) is 10.7 Å². The first-order valence-electron chi connectivity index (χ1n) is 8.09. The molecule has 0 bridgehead atoms. The molecule has 2 heterocycles. The summed E-state index contributed by atoms with van der Waals surface area (Å²) in [6.45, 7) is 0.629. The van der Waals surface area contributed by atoms with E-state index in [1.54, 1.807) is 23.7 Å². The number of hydrogen-bond acceptors (Lipinski definition) is 5. The minimum atomic E-state index is 0.110.